The number of hydrogen-bond acceptors (Lipinski definition) is 7. The molecule has 4 amide bonds. The molecule has 13 heteroatoms. The molecule has 286 valence electrons. The van der Waals surface area contributed by atoms with Gasteiger partial charge >= 0.3 is 0 Å². The van der Waals surface area contributed by atoms with Crippen molar-refractivity contribution in [3.63, 3.8) is 0 Å². The third kappa shape index (κ3) is 13.2. The van der Waals surface area contributed by atoms with Gasteiger partial charge < -0.3 is 35.2 Å². The van der Waals surface area contributed by atoms with Gasteiger partial charge in [0.2, 0.25) is 23.6 Å². The molecule has 1 aromatic carbocycles. The van der Waals surface area contributed by atoms with E-state index in [1.807, 2.05) is 20.8 Å². The Labute approximate surface area is 298 Å². The summed E-state index contributed by atoms with van der Waals surface area (Å²) in [6.45, 7) is 12.1. The molecule has 1 aliphatic heterocycles. The number of benzene rings is 1. The van der Waals surface area contributed by atoms with Gasteiger partial charge in [0.15, 0.2) is 0 Å². The molecule has 5 unspecified atom stereocenters. The van der Waals surface area contributed by atoms with E-state index in [2.05, 4.69) is 29.8 Å². The maximum absolute atomic E-state index is 14.0. The molecule has 1 aromatic rings. The molecule has 50 heavy (non-hydrogen) atoms. The average Bonchev–Trinajstić information content (AvgIpc) is 3.56. The van der Waals surface area contributed by atoms with Crippen molar-refractivity contribution in [3.05, 3.63) is 35.4 Å². The number of nitrogens with zero attached hydrogens (tertiary/aromatic N) is 2. The summed E-state index contributed by atoms with van der Waals surface area (Å²) in [5.74, 6) is -2.99. The Morgan fingerprint density at radius 1 is 1.00 bits per heavy atom. The Bertz CT molecular complexity index is 1180. The van der Waals surface area contributed by atoms with Crippen LogP contribution >= 0.6 is 0 Å². The molecule has 0 spiro atoms. The first-order valence-corrected chi connectivity index (χ1v) is 18.0. The molecule has 1 saturated heterocycles. The van der Waals surface area contributed by atoms with Crippen LogP contribution in [0.3, 0.4) is 0 Å². The van der Waals surface area contributed by atoms with Gasteiger partial charge in [-0.2, -0.15) is 0 Å². The van der Waals surface area contributed by atoms with Gasteiger partial charge in [0.1, 0.15) is 11.6 Å². The maximum atomic E-state index is 14.0. The van der Waals surface area contributed by atoms with Gasteiger partial charge in [-0.3, -0.25) is 19.2 Å². The lowest BCUT2D eigenvalue weighted by Gasteiger charge is -2.37. The van der Waals surface area contributed by atoms with E-state index in [1.54, 1.807) is 30.8 Å². The van der Waals surface area contributed by atoms with Crippen molar-refractivity contribution in [1.29, 1.82) is 0 Å². The van der Waals surface area contributed by atoms with E-state index in [-0.39, 0.29) is 67.1 Å². The van der Waals surface area contributed by atoms with Gasteiger partial charge in [0.05, 0.1) is 49.2 Å². The van der Waals surface area contributed by atoms with Crippen LogP contribution in [0.2, 0.25) is 0 Å². The third-order valence-electron chi connectivity index (χ3n) is 9.17. The normalized spacial score (nSPS) is 17.2. The smallest absolute Gasteiger partial charge is 0.242 e. The number of nitrogens with one attached hydrogen (secondary N) is 3. The summed E-state index contributed by atoms with van der Waals surface area (Å²) in [7, 11) is 6.37. The number of carbonyl (C=O) groups is 4. The SMILES string of the molecule is CCC.CCC[C@@H](C(CC(=O)N1CCCC1C(OC)C(C)C(=O)NCCc1c(F)cccc1F)OC)N(C)C(=O)CNC(=O)C(NC)C(C)C. The quantitative estimate of drug-likeness (QED) is 0.197. The number of carbonyl (C=O) groups excluding carboxylic acids is 4. The minimum absolute atomic E-state index is 0.00226. The number of likely N-dealkylation sites (tertiary alicyclic amines) is 1. The topological polar surface area (TPSA) is 129 Å². The molecule has 0 radical (unpaired) electrons. The second kappa shape index (κ2) is 23.3. The van der Waals surface area contributed by atoms with E-state index in [4.69, 9.17) is 9.47 Å². The molecule has 0 bridgehead atoms. The van der Waals surface area contributed by atoms with Crippen LogP contribution in [0.4, 0.5) is 8.78 Å². The maximum Gasteiger partial charge on any atom is 0.242 e. The highest BCUT2D eigenvalue weighted by Gasteiger charge is 2.41. The summed E-state index contributed by atoms with van der Waals surface area (Å²) >= 11 is 0. The monoisotopic (exact) mass is 711 g/mol. The van der Waals surface area contributed by atoms with E-state index in [1.165, 1.54) is 38.8 Å². The second-order valence-corrected chi connectivity index (χ2v) is 13.3. The number of hydrogen-bond donors (Lipinski definition) is 3. The first-order chi connectivity index (χ1) is 23.7. The van der Waals surface area contributed by atoms with Crippen molar-refractivity contribution in [2.75, 3.05) is 47.9 Å². The van der Waals surface area contributed by atoms with Crippen LogP contribution in [0, 0.1) is 23.5 Å². The largest absolute Gasteiger partial charge is 0.379 e. The zero-order chi connectivity index (χ0) is 38.0. The van der Waals surface area contributed by atoms with Crippen LogP contribution in [0.15, 0.2) is 18.2 Å². The van der Waals surface area contributed by atoms with Crippen molar-refractivity contribution in [1.82, 2.24) is 25.8 Å². The fourth-order valence-electron chi connectivity index (χ4n) is 6.47. The number of halogens is 2. The van der Waals surface area contributed by atoms with Crippen LogP contribution in [0.25, 0.3) is 0 Å². The van der Waals surface area contributed by atoms with Crippen molar-refractivity contribution >= 4 is 23.6 Å². The Morgan fingerprint density at radius 2 is 1.62 bits per heavy atom. The Kier molecular flexibility index (Phi) is 20.9. The van der Waals surface area contributed by atoms with Crippen LogP contribution in [-0.2, 0) is 35.1 Å². The number of amides is 4. The highest BCUT2D eigenvalue weighted by atomic mass is 19.1. The number of likely N-dealkylation sites (N-methyl/N-ethyl adjacent to an activating group) is 2. The lowest BCUT2D eigenvalue weighted by molar-refractivity contribution is -0.144. The number of methoxy groups -OCH3 is 2. The summed E-state index contributed by atoms with van der Waals surface area (Å²) in [6, 6.07) is 2.45. The van der Waals surface area contributed by atoms with Gasteiger partial charge in [0, 0.05) is 39.9 Å². The standard InChI is InChI=1S/C34H55F2N5O6.C3H8/c1-9-12-26(40(6)30(43)20-39-34(45)31(37-5)21(2)3)28(46-7)19-29(42)41-18-11-15-27(41)32(47-8)22(4)33(44)38-17-16-23-24(35)13-10-14-25(23)36;1-3-2/h10,13-14,21-22,26-28,31-32,37H,9,11-12,15-20H2,1-8H3,(H,38,44)(H,39,45);3H2,1-2H3/t22?,26-,27?,28?,31?,32?;/m0./s1. The Morgan fingerprint density at radius 3 is 2.14 bits per heavy atom. The molecule has 2 rings (SSSR count). The molecular formula is C37H63F2N5O6. The van der Waals surface area contributed by atoms with Crippen LogP contribution in [0.1, 0.15) is 85.6 Å². The minimum Gasteiger partial charge on any atom is -0.379 e. The van der Waals surface area contributed by atoms with E-state index in [9.17, 15) is 28.0 Å². The van der Waals surface area contributed by atoms with Crippen LogP contribution < -0.4 is 16.0 Å². The zero-order valence-corrected chi connectivity index (χ0v) is 31.9. The summed E-state index contributed by atoms with van der Waals surface area (Å²) in [5, 5.41) is 8.43. The van der Waals surface area contributed by atoms with Crippen molar-refractivity contribution in [2.24, 2.45) is 11.8 Å². The highest BCUT2D eigenvalue weighted by molar-refractivity contribution is 5.87. The molecule has 6 atom stereocenters. The van der Waals surface area contributed by atoms with Gasteiger partial charge in [-0.1, -0.05) is 60.5 Å². The molecule has 1 fully saturated rings. The number of rotatable bonds is 19. The Balaban J connectivity index is 0.00000401. The predicted octanol–water partition coefficient (Wildman–Crippen LogP) is 4.07. The van der Waals surface area contributed by atoms with Crippen LogP contribution in [0.5, 0.6) is 0 Å². The van der Waals surface area contributed by atoms with E-state index in [0.29, 0.717) is 19.4 Å². The summed E-state index contributed by atoms with van der Waals surface area (Å²) in [4.78, 5) is 55.9. The highest BCUT2D eigenvalue weighted by Crippen LogP contribution is 2.28. The first-order valence-electron chi connectivity index (χ1n) is 18.0. The van der Waals surface area contributed by atoms with E-state index in [0.717, 1.165) is 12.8 Å². The summed E-state index contributed by atoms with van der Waals surface area (Å²) < 4.78 is 39.6. The lowest BCUT2D eigenvalue weighted by Crippen LogP contribution is -2.53. The van der Waals surface area contributed by atoms with Crippen molar-refractivity contribution < 1.29 is 37.4 Å². The van der Waals surface area contributed by atoms with Crippen LogP contribution in [-0.4, -0.2) is 112 Å². The van der Waals surface area contributed by atoms with Crippen molar-refractivity contribution in [2.45, 2.75) is 117 Å². The van der Waals surface area contributed by atoms with Gasteiger partial charge in [-0.05, 0) is 50.8 Å². The van der Waals surface area contributed by atoms with Gasteiger partial charge in [-0.25, -0.2) is 8.78 Å². The molecular weight excluding hydrogens is 648 g/mol. The predicted molar refractivity (Wildman–Crippen MR) is 191 cm³/mol. The summed E-state index contributed by atoms with van der Waals surface area (Å²) in [5.41, 5.74) is -0.0870. The second-order valence-electron chi connectivity index (χ2n) is 13.3. The fourth-order valence-corrected chi connectivity index (χ4v) is 6.47. The molecule has 0 aliphatic carbocycles. The fraction of sp³-hybridized carbons (Fsp3) is 0.730. The molecule has 0 saturated carbocycles. The van der Waals surface area contributed by atoms with E-state index < -0.39 is 41.8 Å². The van der Waals surface area contributed by atoms with E-state index >= 15 is 0 Å². The minimum atomic E-state index is -0.663. The van der Waals surface area contributed by atoms with Gasteiger partial charge in [-0.15, -0.1) is 0 Å². The number of ether oxygens (including phenoxy) is 2. The van der Waals surface area contributed by atoms with Gasteiger partial charge in [0.25, 0.3) is 0 Å². The average molecular weight is 712 g/mol. The summed E-state index contributed by atoms with van der Waals surface area (Å²) in [6.07, 6.45) is 2.75. The zero-order valence-electron chi connectivity index (χ0n) is 31.9. The molecule has 1 aliphatic rings. The van der Waals surface area contributed by atoms with Crippen molar-refractivity contribution in [3.8, 4) is 0 Å². The molecule has 1 heterocycles. The first kappa shape index (κ1) is 44.9. The molecule has 0 aromatic heterocycles. The Hall–Kier alpha value is -3.16. The lowest BCUT2D eigenvalue weighted by atomic mass is 9.94. The third-order valence-corrected chi connectivity index (χ3v) is 9.17. The molecule has 11 nitrogen and oxygen atoms in total. The molecule has 3 N–H and O–H groups in total.